The molecule has 0 bridgehead atoms. The van der Waals surface area contributed by atoms with Crippen molar-refractivity contribution in [3.8, 4) is 0 Å². The number of aromatic nitrogens is 4. The monoisotopic (exact) mass is 527 g/mol. The number of carbonyl (C=O) groups excluding carboxylic acids is 1. The van der Waals surface area contributed by atoms with Crippen molar-refractivity contribution in [2.45, 2.75) is 43.8 Å². The molecule has 4 atom stereocenters. The first-order valence-corrected chi connectivity index (χ1v) is 13.6. The molecule has 1 unspecified atom stereocenters. The summed E-state index contributed by atoms with van der Waals surface area (Å²) in [4.78, 5) is 31.6. The molecular formula is C24H30N7O5P. The molecule has 5 rings (SSSR count). The standard InChI is InChI=1S/C24H30N7O5P/c1-24(17-6-4-3-5-7-17,31(34-2)18-10-11-18)23(32)36-37(26,33)35-13-16-8-9-19(12-16)30-15-29-20-21(25)27-14-28-22(20)30/h3-9,14-16,18-19H,10-13H2,1-2H3,(H2,26,33)(H2,25,27,28)/t16-,19+,24+,37?/m0/s1. The van der Waals surface area contributed by atoms with Crippen LogP contribution in [-0.2, 0) is 28.8 Å². The molecule has 196 valence electrons. The van der Waals surface area contributed by atoms with E-state index in [1.54, 1.807) is 30.4 Å². The van der Waals surface area contributed by atoms with Crippen LogP contribution in [0.3, 0.4) is 0 Å². The van der Waals surface area contributed by atoms with Crippen LogP contribution in [-0.4, -0.2) is 50.3 Å². The molecule has 4 N–H and O–H groups in total. The third kappa shape index (κ3) is 5.03. The number of hydrogen-bond acceptors (Lipinski definition) is 10. The Morgan fingerprint density at radius 2 is 1.97 bits per heavy atom. The maximum Gasteiger partial charge on any atom is 0.458 e. The first kappa shape index (κ1) is 25.5. The van der Waals surface area contributed by atoms with Gasteiger partial charge in [-0.25, -0.2) is 29.8 Å². The molecule has 1 aromatic carbocycles. The van der Waals surface area contributed by atoms with Gasteiger partial charge in [-0.1, -0.05) is 42.5 Å². The number of allylic oxidation sites excluding steroid dienone is 1. The van der Waals surface area contributed by atoms with Crippen LogP contribution in [0.15, 0.2) is 55.1 Å². The third-order valence-electron chi connectivity index (χ3n) is 6.82. The number of fused-ring (bicyclic) bond motifs is 1. The zero-order chi connectivity index (χ0) is 26.2. The summed E-state index contributed by atoms with van der Waals surface area (Å²) in [6.45, 7) is 1.68. The number of carbonyl (C=O) groups is 1. The molecule has 13 heteroatoms. The number of nitrogens with two attached hydrogens (primary N) is 2. The molecule has 0 saturated heterocycles. The van der Waals surface area contributed by atoms with Gasteiger partial charge in [0, 0.05) is 12.0 Å². The molecule has 37 heavy (non-hydrogen) atoms. The number of benzene rings is 1. The van der Waals surface area contributed by atoms with Crippen LogP contribution in [0.25, 0.3) is 11.2 Å². The second-order valence-corrected chi connectivity index (χ2v) is 10.9. The van der Waals surface area contributed by atoms with Crippen molar-refractivity contribution >= 4 is 30.7 Å². The highest BCUT2D eigenvalue weighted by molar-refractivity contribution is 7.51. The van der Waals surface area contributed by atoms with Crippen LogP contribution in [0.1, 0.15) is 37.8 Å². The van der Waals surface area contributed by atoms with E-state index in [2.05, 4.69) is 15.0 Å². The largest absolute Gasteiger partial charge is 0.458 e. The molecule has 2 aliphatic carbocycles. The summed E-state index contributed by atoms with van der Waals surface area (Å²) in [6.07, 6.45) is 9.36. The molecule has 2 aliphatic rings. The molecular weight excluding hydrogens is 497 g/mol. The van der Waals surface area contributed by atoms with Gasteiger partial charge in [0.05, 0.1) is 26.1 Å². The molecule has 3 aromatic rings. The average molecular weight is 528 g/mol. The van der Waals surface area contributed by atoms with Crippen LogP contribution < -0.4 is 11.2 Å². The summed E-state index contributed by atoms with van der Waals surface area (Å²) in [6, 6.07) is 9.04. The van der Waals surface area contributed by atoms with Gasteiger partial charge in [0.15, 0.2) is 17.0 Å². The fourth-order valence-corrected chi connectivity index (χ4v) is 5.59. The Hall–Kier alpha value is -3.15. The van der Waals surface area contributed by atoms with Crippen molar-refractivity contribution in [3.63, 3.8) is 0 Å². The minimum absolute atomic E-state index is 0.0104. The van der Waals surface area contributed by atoms with Crippen molar-refractivity contribution in [3.05, 3.63) is 60.7 Å². The van der Waals surface area contributed by atoms with E-state index in [9.17, 15) is 9.36 Å². The van der Waals surface area contributed by atoms with Crippen molar-refractivity contribution in [1.82, 2.24) is 24.6 Å². The lowest BCUT2D eigenvalue weighted by Gasteiger charge is -2.38. The van der Waals surface area contributed by atoms with Gasteiger partial charge < -0.3 is 19.7 Å². The number of rotatable bonds is 10. The zero-order valence-corrected chi connectivity index (χ0v) is 21.5. The zero-order valence-electron chi connectivity index (χ0n) is 20.6. The quantitative estimate of drug-likeness (QED) is 0.226. The van der Waals surface area contributed by atoms with Gasteiger partial charge in [-0.3, -0.25) is 4.52 Å². The maximum absolute atomic E-state index is 13.4. The van der Waals surface area contributed by atoms with Gasteiger partial charge in [-0.15, -0.1) is 0 Å². The summed E-state index contributed by atoms with van der Waals surface area (Å²) in [7, 11) is -2.73. The summed E-state index contributed by atoms with van der Waals surface area (Å²) in [5.74, 6) is -0.604. The van der Waals surface area contributed by atoms with Gasteiger partial charge in [0.25, 0.3) is 0 Å². The lowest BCUT2D eigenvalue weighted by molar-refractivity contribution is -0.218. The van der Waals surface area contributed by atoms with Crippen LogP contribution in [0.5, 0.6) is 0 Å². The second kappa shape index (κ2) is 9.96. The van der Waals surface area contributed by atoms with E-state index >= 15 is 0 Å². The second-order valence-electron chi connectivity index (χ2n) is 9.42. The predicted molar refractivity (Wildman–Crippen MR) is 136 cm³/mol. The van der Waals surface area contributed by atoms with Crippen molar-refractivity contribution < 1.29 is 23.2 Å². The Balaban J connectivity index is 1.24. The number of nitrogen functional groups attached to an aromatic ring is 1. The van der Waals surface area contributed by atoms with E-state index in [0.717, 1.165) is 12.8 Å². The molecule has 12 nitrogen and oxygen atoms in total. The Morgan fingerprint density at radius 3 is 2.68 bits per heavy atom. The molecule has 0 spiro atoms. The molecule has 1 fully saturated rings. The SMILES string of the molecule is CON(C1CC1)[C@@](C)(C(=O)OP(N)(=O)OC[C@H]1C=C[C@@H](n2cnc3c(N)ncnc32)C1)c1ccccc1. The average Bonchev–Trinajstić information content (AvgIpc) is 3.43. The number of imidazole rings is 1. The normalized spacial score (nSPS) is 22.7. The fraction of sp³-hybridized carbons (Fsp3) is 0.417. The highest BCUT2D eigenvalue weighted by Gasteiger charge is 2.51. The predicted octanol–water partition coefficient (Wildman–Crippen LogP) is 3.09. The lowest BCUT2D eigenvalue weighted by Crippen LogP contribution is -2.51. The first-order valence-electron chi connectivity index (χ1n) is 12.0. The van der Waals surface area contributed by atoms with Crippen molar-refractivity contribution in [2.75, 3.05) is 19.5 Å². The van der Waals surface area contributed by atoms with E-state index in [1.165, 1.54) is 13.4 Å². The van der Waals surface area contributed by atoms with Crippen molar-refractivity contribution in [2.24, 2.45) is 11.4 Å². The molecule has 1 saturated carbocycles. The first-order chi connectivity index (χ1) is 17.7. The number of hydrogen-bond donors (Lipinski definition) is 2. The van der Waals surface area contributed by atoms with Gasteiger partial charge in [0.1, 0.15) is 11.8 Å². The summed E-state index contributed by atoms with van der Waals surface area (Å²) in [5, 5.41) is 1.58. The Morgan fingerprint density at radius 1 is 1.22 bits per heavy atom. The van der Waals surface area contributed by atoms with E-state index in [0.29, 0.717) is 29.0 Å². The Bertz CT molecular complexity index is 1360. The van der Waals surface area contributed by atoms with Gasteiger partial charge in [0.2, 0.25) is 0 Å². The van der Waals surface area contributed by atoms with Gasteiger partial charge in [-0.05, 0) is 31.7 Å². The van der Waals surface area contributed by atoms with E-state index in [-0.39, 0.29) is 24.6 Å². The molecule has 0 amide bonds. The maximum atomic E-state index is 13.4. The van der Waals surface area contributed by atoms with E-state index in [1.807, 2.05) is 34.9 Å². The minimum Gasteiger partial charge on any atom is -0.382 e. The smallest absolute Gasteiger partial charge is 0.382 e. The molecule has 2 heterocycles. The fourth-order valence-electron chi connectivity index (χ4n) is 4.73. The van der Waals surface area contributed by atoms with Crippen LogP contribution in [0.4, 0.5) is 5.82 Å². The summed E-state index contributed by atoms with van der Waals surface area (Å²) in [5.41, 5.74) is 12.2. The topological polar surface area (TPSA) is 161 Å². The highest BCUT2D eigenvalue weighted by atomic mass is 31.2. The highest BCUT2D eigenvalue weighted by Crippen LogP contribution is 2.46. The Kier molecular flexibility index (Phi) is 6.86. The van der Waals surface area contributed by atoms with Crippen LogP contribution in [0.2, 0.25) is 0 Å². The molecule has 2 aromatic heterocycles. The minimum atomic E-state index is -4.23. The van der Waals surface area contributed by atoms with E-state index < -0.39 is 19.3 Å². The third-order valence-corrected chi connectivity index (χ3v) is 7.75. The van der Waals surface area contributed by atoms with Crippen LogP contribution >= 0.6 is 7.75 Å². The molecule has 0 radical (unpaired) electrons. The van der Waals surface area contributed by atoms with Gasteiger partial charge >= 0.3 is 13.7 Å². The number of hydroxylamine groups is 2. The lowest BCUT2D eigenvalue weighted by atomic mass is 9.91. The Labute approximate surface area is 214 Å². The van der Waals surface area contributed by atoms with Crippen molar-refractivity contribution in [1.29, 1.82) is 0 Å². The van der Waals surface area contributed by atoms with E-state index in [4.69, 9.17) is 25.1 Å². The number of anilines is 1. The van der Waals surface area contributed by atoms with Crippen LogP contribution in [0, 0.1) is 5.92 Å². The summed E-state index contributed by atoms with van der Waals surface area (Å²) >= 11 is 0. The summed E-state index contributed by atoms with van der Waals surface area (Å²) < 4.78 is 25.8. The van der Waals surface area contributed by atoms with Gasteiger partial charge in [-0.2, -0.15) is 5.06 Å². The number of nitrogens with zero attached hydrogens (tertiary/aromatic N) is 5. The molecule has 0 aliphatic heterocycles.